The van der Waals surface area contributed by atoms with Crippen LogP contribution in [0.2, 0.25) is 5.02 Å². The lowest BCUT2D eigenvalue weighted by atomic mass is 10.2. The molecule has 0 bridgehead atoms. The maximum absolute atomic E-state index is 12.9. The highest BCUT2D eigenvalue weighted by Crippen LogP contribution is 2.19. The van der Waals surface area contributed by atoms with E-state index < -0.39 is 0 Å². The predicted octanol–water partition coefficient (Wildman–Crippen LogP) is 3.34. The first kappa shape index (κ1) is 14.8. The summed E-state index contributed by atoms with van der Waals surface area (Å²) in [5.74, 6) is 0.277. The fourth-order valence-corrected chi connectivity index (χ4v) is 1.97. The second-order valence-corrected chi connectivity index (χ2v) is 5.10. The second kappa shape index (κ2) is 6.68. The van der Waals surface area contributed by atoms with Gasteiger partial charge < -0.3 is 10.5 Å². The third-order valence-electron chi connectivity index (χ3n) is 2.74. The molecule has 2 aromatic rings. The molecule has 1 heterocycles. The quantitative estimate of drug-likeness (QED) is 0.920. The van der Waals surface area contributed by atoms with Gasteiger partial charge in [-0.05, 0) is 31.2 Å². The van der Waals surface area contributed by atoms with Crippen LogP contribution in [-0.2, 0) is 13.0 Å². The van der Waals surface area contributed by atoms with E-state index in [1.165, 1.54) is 12.1 Å². The molecule has 0 saturated carbocycles. The van der Waals surface area contributed by atoms with Crippen LogP contribution in [0.5, 0.6) is 5.75 Å². The summed E-state index contributed by atoms with van der Waals surface area (Å²) < 4.78 is 18.5. The van der Waals surface area contributed by atoms with Gasteiger partial charge in [0.05, 0.1) is 11.2 Å². The van der Waals surface area contributed by atoms with E-state index in [1.54, 1.807) is 12.3 Å². The monoisotopic (exact) mass is 294 g/mol. The fourth-order valence-electron chi connectivity index (χ4n) is 1.75. The van der Waals surface area contributed by atoms with Gasteiger partial charge in [0, 0.05) is 23.7 Å². The topological polar surface area (TPSA) is 48.1 Å². The number of aromatic nitrogens is 1. The minimum Gasteiger partial charge on any atom is -0.487 e. The molecule has 0 aliphatic carbocycles. The average Bonchev–Trinajstić information content (AvgIpc) is 2.39. The third kappa shape index (κ3) is 4.18. The summed E-state index contributed by atoms with van der Waals surface area (Å²) in [6.45, 7) is 2.20. The standard InChI is InChI=1S/C15H16ClFN2O/c1-10(18)6-13-4-5-14(8-19-13)20-9-11-2-3-12(17)7-15(11)16/h2-5,7-8,10H,6,9,18H2,1H3. The van der Waals surface area contributed by atoms with Crippen LogP contribution in [0, 0.1) is 5.82 Å². The maximum Gasteiger partial charge on any atom is 0.138 e. The third-order valence-corrected chi connectivity index (χ3v) is 3.09. The molecule has 0 fully saturated rings. The molecule has 1 atom stereocenters. The Balaban J connectivity index is 1.96. The van der Waals surface area contributed by atoms with Crippen LogP contribution < -0.4 is 10.5 Å². The van der Waals surface area contributed by atoms with Crippen molar-refractivity contribution in [1.82, 2.24) is 4.98 Å². The number of hydrogen-bond donors (Lipinski definition) is 1. The molecule has 0 radical (unpaired) electrons. The molecule has 3 nitrogen and oxygen atoms in total. The van der Waals surface area contributed by atoms with Gasteiger partial charge in [0.25, 0.3) is 0 Å². The van der Waals surface area contributed by atoms with Crippen LogP contribution in [0.25, 0.3) is 0 Å². The molecular weight excluding hydrogens is 279 g/mol. The van der Waals surface area contributed by atoms with E-state index in [9.17, 15) is 4.39 Å². The van der Waals surface area contributed by atoms with E-state index in [0.29, 0.717) is 10.8 Å². The Kier molecular flexibility index (Phi) is 4.93. The lowest BCUT2D eigenvalue weighted by Crippen LogP contribution is -2.18. The van der Waals surface area contributed by atoms with E-state index in [0.717, 1.165) is 17.7 Å². The van der Waals surface area contributed by atoms with Gasteiger partial charge in [-0.2, -0.15) is 0 Å². The van der Waals surface area contributed by atoms with Gasteiger partial charge >= 0.3 is 0 Å². The van der Waals surface area contributed by atoms with Gasteiger partial charge in [0.2, 0.25) is 0 Å². The molecule has 5 heteroatoms. The van der Waals surface area contributed by atoms with Gasteiger partial charge in [-0.25, -0.2) is 4.39 Å². The maximum atomic E-state index is 12.9. The Morgan fingerprint density at radius 3 is 2.75 bits per heavy atom. The summed E-state index contributed by atoms with van der Waals surface area (Å²) >= 11 is 5.93. The predicted molar refractivity (Wildman–Crippen MR) is 77.3 cm³/mol. The summed E-state index contributed by atoms with van der Waals surface area (Å²) in [5, 5.41) is 0.353. The number of benzene rings is 1. The number of pyridine rings is 1. The van der Waals surface area contributed by atoms with Crippen LogP contribution in [0.1, 0.15) is 18.2 Å². The normalized spacial score (nSPS) is 12.2. The molecule has 0 amide bonds. The Hall–Kier alpha value is -1.65. The minimum absolute atomic E-state index is 0.0762. The van der Waals surface area contributed by atoms with Crippen molar-refractivity contribution in [1.29, 1.82) is 0 Å². The first-order chi connectivity index (χ1) is 9.54. The molecule has 1 unspecified atom stereocenters. The lowest BCUT2D eigenvalue weighted by molar-refractivity contribution is 0.304. The zero-order chi connectivity index (χ0) is 14.5. The second-order valence-electron chi connectivity index (χ2n) is 4.69. The largest absolute Gasteiger partial charge is 0.487 e. The highest BCUT2D eigenvalue weighted by Gasteiger charge is 2.04. The average molecular weight is 295 g/mol. The van der Waals surface area contributed by atoms with Crippen LogP contribution in [0.15, 0.2) is 36.5 Å². The molecule has 1 aromatic heterocycles. The van der Waals surface area contributed by atoms with Gasteiger partial charge in [-0.1, -0.05) is 17.7 Å². The number of nitrogens with two attached hydrogens (primary N) is 1. The molecule has 2 N–H and O–H groups in total. The summed E-state index contributed by atoms with van der Waals surface area (Å²) in [6, 6.07) is 8.02. The van der Waals surface area contributed by atoms with Crippen LogP contribution >= 0.6 is 11.6 Å². The van der Waals surface area contributed by atoms with Gasteiger partial charge in [0.1, 0.15) is 18.2 Å². The van der Waals surface area contributed by atoms with Crippen molar-refractivity contribution < 1.29 is 9.13 Å². The van der Waals surface area contributed by atoms with E-state index in [-0.39, 0.29) is 18.5 Å². The SMILES string of the molecule is CC(N)Cc1ccc(OCc2ccc(F)cc2Cl)cn1. The lowest BCUT2D eigenvalue weighted by Gasteiger charge is -2.09. The highest BCUT2D eigenvalue weighted by molar-refractivity contribution is 6.31. The number of halogens is 2. The minimum atomic E-state index is -0.360. The van der Waals surface area contributed by atoms with Crippen molar-refractivity contribution >= 4 is 11.6 Å². The molecule has 0 saturated heterocycles. The van der Waals surface area contributed by atoms with Crippen molar-refractivity contribution in [2.45, 2.75) is 26.0 Å². The molecule has 0 aliphatic rings. The van der Waals surface area contributed by atoms with E-state index in [4.69, 9.17) is 22.1 Å². The highest BCUT2D eigenvalue weighted by atomic mass is 35.5. The smallest absolute Gasteiger partial charge is 0.138 e. The first-order valence-corrected chi connectivity index (χ1v) is 6.69. The van der Waals surface area contributed by atoms with Crippen molar-refractivity contribution in [3.63, 3.8) is 0 Å². The Morgan fingerprint density at radius 1 is 1.35 bits per heavy atom. The molecule has 0 spiro atoms. The Morgan fingerprint density at radius 2 is 2.15 bits per heavy atom. The fraction of sp³-hybridized carbons (Fsp3) is 0.267. The first-order valence-electron chi connectivity index (χ1n) is 6.32. The molecule has 106 valence electrons. The zero-order valence-corrected chi connectivity index (χ0v) is 11.9. The Labute approximate surface area is 122 Å². The van der Waals surface area contributed by atoms with Crippen LogP contribution in [-0.4, -0.2) is 11.0 Å². The van der Waals surface area contributed by atoms with Crippen molar-refractivity contribution in [2.75, 3.05) is 0 Å². The molecule has 0 aliphatic heterocycles. The van der Waals surface area contributed by atoms with Gasteiger partial charge in [-0.3, -0.25) is 4.98 Å². The number of hydrogen-bond acceptors (Lipinski definition) is 3. The van der Waals surface area contributed by atoms with Crippen LogP contribution in [0.3, 0.4) is 0 Å². The van der Waals surface area contributed by atoms with Crippen LogP contribution in [0.4, 0.5) is 4.39 Å². The summed E-state index contributed by atoms with van der Waals surface area (Å²) in [6.07, 6.45) is 2.37. The molecule has 1 aromatic carbocycles. The number of rotatable bonds is 5. The summed E-state index contributed by atoms with van der Waals surface area (Å²) in [4.78, 5) is 4.27. The Bertz CT molecular complexity index is 573. The van der Waals surface area contributed by atoms with Crippen molar-refractivity contribution in [3.05, 3.63) is 58.6 Å². The summed E-state index contributed by atoms with van der Waals surface area (Å²) in [5.41, 5.74) is 7.36. The van der Waals surface area contributed by atoms with Gasteiger partial charge in [-0.15, -0.1) is 0 Å². The number of ether oxygens (including phenoxy) is 1. The molecule has 20 heavy (non-hydrogen) atoms. The van der Waals surface area contributed by atoms with E-state index >= 15 is 0 Å². The molecular formula is C15H16ClFN2O. The van der Waals surface area contributed by atoms with E-state index in [2.05, 4.69) is 4.98 Å². The summed E-state index contributed by atoms with van der Waals surface area (Å²) in [7, 11) is 0. The van der Waals surface area contributed by atoms with E-state index in [1.807, 2.05) is 19.1 Å². The van der Waals surface area contributed by atoms with Crippen molar-refractivity contribution in [3.8, 4) is 5.75 Å². The molecule has 2 rings (SSSR count). The number of nitrogens with zero attached hydrogens (tertiary/aromatic N) is 1. The zero-order valence-electron chi connectivity index (χ0n) is 11.1. The van der Waals surface area contributed by atoms with Gasteiger partial charge in [0.15, 0.2) is 0 Å². The van der Waals surface area contributed by atoms with Crippen molar-refractivity contribution in [2.24, 2.45) is 5.73 Å².